The molecule has 3 heterocycles. The first-order chi connectivity index (χ1) is 22.1. The highest BCUT2D eigenvalue weighted by molar-refractivity contribution is 7.94. The summed E-state index contributed by atoms with van der Waals surface area (Å²) in [6.45, 7) is 13.2. The quantitative estimate of drug-likeness (QED) is 0.0955. The van der Waals surface area contributed by atoms with Gasteiger partial charge in [0.1, 0.15) is 17.3 Å². The van der Waals surface area contributed by atoms with E-state index in [0.29, 0.717) is 23.5 Å². The molecule has 46 heavy (non-hydrogen) atoms. The molecule has 14 nitrogen and oxygen atoms in total. The van der Waals surface area contributed by atoms with E-state index in [2.05, 4.69) is 28.8 Å². The lowest BCUT2D eigenvalue weighted by Gasteiger charge is -2.33. The molecular weight excluding hydrogens is 614 g/mol. The summed E-state index contributed by atoms with van der Waals surface area (Å²) >= 11 is 0.852. The first kappa shape index (κ1) is 33.3. The van der Waals surface area contributed by atoms with Gasteiger partial charge in [-0.2, -0.15) is 9.58 Å². The van der Waals surface area contributed by atoms with Crippen molar-refractivity contribution in [1.82, 2.24) is 24.6 Å². The van der Waals surface area contributed by atoms with E-state index in [-0.39, 0.29) is 52.1 Å². The Kier molecular flexibility index (Phi) is 10.5. The van der Waals surface area contributed by atoms with Crippen LogP contribution in [0.3, 0.4) is 0 Å². The summed E-state index contributed by atoms with van der Waals surface area (Å²) < 4.78 is 18.3. The SMILES string of the molecule is [C-]#[N+]c1c(C(=O)OC2C(C)CCCC2C)c2[nH]c(-c3cc(SOON(C)C)cc(C(N)=O)c3)nn2c1OC(=O)N1CCCCCC1. The molecule has 3 N–H and O–H groups in total. The molecule has 1 saturated heterocycles. The fourth-order valence-electron chi connectivity index (χ4n) is 6.00. The van der Waals surface area contributed by atoms with Gasteiger partial charge in [0.15, 0.2) is 5.82 Å². The zero-order chi connectivity index (χ0) is 33.0. The summed E-state index contributed by atoms with van der Waals surface area (Å²) in [5.41, 5.74) is 6.06. The Morgan fingerprint density at radius 3 is 2.39 bits per heavy atom. The number of nitrogens with one attached hydrogen (secondary N) is 1. The second-order valence-electron chi connectivity index (χ2n) is 12.0. The Hall–Kier alpha value is -4.10. The number of esters is 1. The number of hydrogen-bond donors (Lipinski definition) is 2. The number of aromatic amines is 1. The van der Waals surface area contributed by atoms with Crippen molar-refractivity contribution >= 4 is 41.3 Å². The molecule has 3 aromatic rings. The summed E-state index contributed by atoms with van der Waals surface area (Å²) in [4.78, 5) is 53.3. The second kappa shape index (κ2) is 14.5. The van der Waals surface area contributed by atoms with Gasteiger partial charge in [-0.25, -0.2) is 14.4 Å². The van der Waals surface area contributed by atoms with Gasteiger partial charge in [0.25, 0.3) is 5.69 Å². The summed E-state index contributed by atoms with van der Waals surface area (Å²) in [6, 6.07) is 4.74. The van der Waals surface area contributed by atoms with Crippen LogP contribution in [0.25, 0.3) is 21.9 Å². The highest BCUT2D eigenvalue weighted by Crippen LogP contribution is 2.41. The predicted molar refractivity (Wildman–Crippen MR) is 169 cm³/mol. The van der Waals surface area contributed by atoms with Gasteiger partial charge in [0.05, 0.1) is 18.6 Å². The number of hydroxylamine groups is 2. The minimum Gasteiger partial charge on any atom is -0.459 e. The largest absolute Gasteiger partial charge is 0.459 e. The van der Waals surface area contributed by atoms with E-state index in [4.69, 9.17) is 31.1 Å². The van der Waals surface area contributed by atoms with Crippen molar-refractivity contribution in [3.05, 3.63) is 40.7 Å². The van der Waals surface area contributed by atoms with Crippen LogP contribution in [0.15, 0.2) is 23.1 Å². The van der Waals surface area contributed by atoms with Crippen LogP contribution in [0.2, 0.25) is 0 Å². The maximum absolute atomic E-state index is 13.9. The monoisotopic (exact) mass is 653 g/mol. The lowest BCUT2D eigenvalue weighted by atomic mass is 9.80. The van der Waals surface area contributed by atoms with E-state index >= 15 is 0 Å². The molecule has 2 amide bonds. The Morgan fingerprint density at radius 1 is 1.07 bits per heavy atom. The fraction of sp³-hybridized carbons (Fsp3) is 0.516. The molecule has 2 fully saturated rings. The van der Waals surface area contributed by atoms with Gasteiger partial charge in [-0.1, -0.05) is 33.1 Å². The first-order valence-electron chi connectivity index (χ1n) is 15.4. The van der Waals surface area contributed by atoms with Crippen molar-refractivity contribution in [1.29, 1.82) is 0 Å². The zero-order valence-electron chi connectivity index (χ0n) is 26.4. The molecule has 1 aromatic carbocycles. The van der Waals surface area contributed by atoms with E-state index in [9.17, 15) is 14.4 Å². The van der Waals surface area contributed by atoms with Crippen molar-refractivity contribution in [2.45, 2.75) is 69.8 Å². The molecule has 1 aliphatic carbocycles. The molecule has 0 radical (unpaired) electrons. The molecule has 2 atom stereocenters. The van der Waals surface area contributed by atoms with E-state index < -0.39 is 18.0 Å². The van der Waals surface area contributed by atoms with Crippen molar-refractivity contribution in [2.75, 3.05) is 27.2 Å². The zero-order valence-corrected chi connectivity index (χ0v) is 27.2. The number of aromatic nitrogens is 3. The topological polar surface area (TPSA) is 158 Å². The smallest absolute Gasteiger partial charge is 0.415 e. The van der Waals surface area contributed by atoms with Crippen molar-refractivity contribution in [3.63, 3.8) is 0 Å². The molecular formula is C31H39N7O7S. The minimum atomic E-state index is -0.710. The van der Waals surface area contributed by atoms with Crippen molar-refractivity contribution in [2.24, 2.45) is 17.6 Å². The van der Waals surface area contributed by atoms with Crippen LogP contribution in [-0.2, 0) is 14.1 Å². The number of nitrogens with zero attached hydrogens (tertiary/aromatic N) is 5. The third kappa shape index (κ3) is 7.31. The average Bonchev–Trinajstić information content (AvgIpc) is 3.42. The van der Waals surface area contributed by atoms with Gasteiger partial charge >= 0.3 is 12.1 Å². The van der Waals surface area contributed by atoms with Crippen molar-refractivity contribution < 1.29 is 33.2 Å². The number of fused-ring (bicyclic) bond motifs is 1. The summed E-state index contributed by atoms with van der Waals surface area (Å²) in [6.07, 6.45) is 5.66. The maximum atomic E-state index is 13.9. The maximum Gasteiger partial charge on any atom is 0.415 e. The highest BCUT2D eigenvalue weighted by Gasteiger charge is 2.36. The normalized spacial score (nSPS) is 20.3. The van der Waals surface area contributed by atoms with Crippen LogP contribution < -0.4 is 10.5 Å². The standard InChI is InChI=1S/C31H39N7O7S/c1-18-11-10-12-19(2)25(18)42-30(40)23-24(33-3)29(43-31(41)37-13-8-6-7-9-14-37)38-28(23)34-27(35-38)21-15-20(26(32)39)16-22(17-21)46-45-44-36(4)5/h15-19,25H,6-14H2,1-2,4-5H3,(H2,32,39)(H,34,35). The molecule has 0 spiro atoms. The number of rotatable bonds is 9. The summed E-state index contributed by atoms with van der Waals surface area (Å²) in [7, 11) is 3.29. The van der Waals surface area contributed by atoms with Gasteiger partial charge in [-0.3, -0.25) is 4.79 Å². The number of amides is 2. The van der Waals surface area contributed by atoms with E-state index in [1.807, 2.05) is 0 Å². The lowest BCUT2D eigenvalue weighted by Crippen LogP contribution is -2.35. The van der Waals surface area contributed by atoms with E-state index in [1.54, 1.807) is 25.1 Å². The number of H-pyrrole nitrogens is 1. The van der Waals surface area contributed by atoms with Crippen LogP contribution in [0, 0.1) is 18.4 Å². The number of hydrogen-bond acceptors (Lipinski definition) is 10. The van der Waals surface area contributed by atoms with Crippen LogP contribution in [0.1, 0.15) is 79.5 Å². The number of primary amides is 1. The number of carbonyl (C=O) groups is 3. The van der Waals surface area contributed by atoms with E-state index in [1.165, 1.54) is 21.7 Å². The fourth-order valence-corrected chi connectivity index (χ4v) is 6.58. The number of carbonyl (C=O) groups excluding carboxylic acids is 3. The Morgan fingerprint density at radius 2 is 1.76 bits per heavy atom. The number of benzene rings is 1. The molecule has 246 valence electrons. The summed E-state index contributed by atoms with van der Waals surface area (Å²) in [5, 5.41) is 5.96. The van der Waals surface area contributed by atoms with Gasteiger partial charge in [0, 0.05) is 43.2 Å². The average molecular weight is 654 g/mol. The molecule has 5 rings (SSSR count). The lowest BCUT2D eigenvalue weighted by molar-refractivity contribution is -0.340. The second-order valence-corrected chi connectivity index (χ2v) is 12.8. The van der Waals surface area contributed by atoms with Gasteiger partial charge in [-0.15, -0.1) is 14.4 Å². The van der Waals surface area contributed by atoms with Gasteiger partial charge in [-0.05, 0) is 55.7 Å². The minimum absolute atomic E-state index is 0.0826. The predicted octanol–water partition coefficient (Wildman–Crippen LogP) is 5.77. The third-order valence-electron chi connectivity index (χ3n) is 8.34. The summed E-state index contributed by atoms with van der Waals surface area (Å²) in [5.74, 6) is -1.08. The molecule has 1 saturated carbocycles. The number of likely N-dealkylation sites (tertiary alicyclic amines) is 1. The van der Waals surface area contributed by atoms with Crippen LogP contribution in [-0.4, -0.2) is 75.8 Å². The number of ether oxygens (including phenoxy) is 2. The Bertz CT molecular complexity index is 1630. The molecule has 2 aliphatic rings. The molecule has 0 bridgehead atoms. The molecule has 2 aromatic heterocycles. The third-order valence-corrected chi connectivity index (χ3v) is 8.90. The molecule has 15 heteroatoms. The number of nitrogens with two attached hydrogens (primary N) is 1. The van der Waals surface area contributed by atoms with Crippen LogP contribution >= 0.6 is 12.0 Å². The molecule has 1 aliphatic heterocycles. The van der Waals surface area contributed by atoms with Crippen molar-refractivity contribution in [3.8, 4) is 17.3 Å². The molecule has 2 unspecified atom stereocenters. The van der Waals surface area contributed by atoms with Gasteiger partial charge < -0.3 is 25.1 Å². The Labute approximate surface area is 271 Å². The van der Waals surface area contributed by atoms with Crippen LogP contribution in [0.4, 0.5) is 10.5 Å². The first-order valence-corrected chi connectivity index (χ1v) is 16.1. The van der Waals surface area contributed by atoms with E-state index in [0.717, 1.165) is 57.0 Å². The van der Waals surface area contributed by atoms with Gasteiger partial charge in [0.2, 0.25) is 11.8 Å². The van der Waals surface area contributed by atoms with Crippen LogP contribution in [0.5, 0.6) is 5.88 Å². The Balaban J connectivity index is 1.59. The highest BCUT2D eigenvalue weighted by atomic mass is 32.2.